The van der Waals surface area contributed by atoms with Gasteiger partial charge < -0.3 is 19.1 Å². The number of carboxylic acid groups (broad SMARTS) is 1. The fourth-order valence-corrected chi connectivity index (χ4v) is 5.15. The second-order valence-corrected chi connectivity index (χ2v) is 9.89. The number of hydrogen-bond donors (Lipinski definition) is 1. The third kappa shape index (κ3) is 5.91. The van der Waals surface area contributed by atoms with E-state index < -0.39 is 18.1 Å². The molecule has 6 nitrogen and oxygen atoms in total. The number of alkyl halides is 3. The summed E-state index contributed by atoms with van der Waals surface area (Å²) in [6, 6.07) is 12.3. The number of nitrogens with zero attached hydrogens (tertiary/aromatic N) is 1. The van der Waals surface area contributed by atoms with Crippen molar-refractivity contribution in [3.63, 3.8) is 0 Å². The van der Waals surface area contributed by atoms with Crippen LogP contribution in [0, 0.1) is 6.92 Å². The van der Waals surface area contributed by atoms with E-state index in [1.54, 1.807) is 37.3 Å². The second-order valence-electron chi connectivity index (χ2n) is 8.43. The van der Waals surface area contributed by atoms with Crippen LogP contribution < -0.4 is 9.47 Å². The number of aromatic carboxylic acids is 1. The normalized spacial score (nSPS) is 11.7. The van der Waals surface area contributed by atoms with Gasteiger partial charge in [0.05, 0.1) is 10.6 Å². The number of hydrogen-bond acceptors (Lipinski definition) is 6. The van der Waals surface area contributed by atoms with Crippen LogP contribution in [0.3, 0.4) is 0 Å². The topological polar surface area (TPSA) is 81.8 Å². The van der Waals surface area contributed by atoms with Crippen LogP contribution in [0.1, 0.15) is 46.3 Å². The molecule has 0 aliphatic rings. The molecule has 0 bridgehead atoms. The van der Waals surface area contributed by atoms with E-state index in [1.165, 1.54) is 18.2 Å². The second kappa shape index (κ2) is 10.5. The fraction of sp³-hybridized carbons (Fsp3) is 0.231. The highest BCUT2D eigenvalue weighted by Crippen LogP contribution is 2.40. The zero-order valence-corrected chi connectivity index (χ0v) is 21.4. The Labute approximate surface area is 219 Å². The van der Waals surface area contributed by atoms with Crippen molar-refractivity contribution in [2.24, 2.45) is 0 Å². The van der Waals surface area contributed by atoms with Gasteiger partial charge in [0.2, 0.25) is 0 Å². The Balaban J connectivity index is 1.64. The van der Waals surface area contributed by atoms with Crippen LogP contribution in [0.2, 0.25) is 5.02 Å². The number of benzene rings is 2. The monoisotopic (exact) mass is 551 g/mol. The Morgan fingerprint density at radius 1 is 1.16 bits per heavy atom. The molecule has 2 aromatic carbocycles. The molecular formula is C26H21ClF3NO5S. The summed E-state index contributed by atoms with van der Waals surface area (Å²) in [4.78, 5) is 12.3. The van der Waals surface area contributed by atoms with Crippen molar-refractivity contribution < 1.29 is 37.1 Å². The van der Waals surface area contributed by atoms with E-state index in [-0.39, 0.29) is 28.7 Å². The number of rotatable bonds is 8. The van der Waals surface area contributed by atoms with Gasteiger partial charge in [0.1, 0.15) is 34.4 Å². The first kappa shape index (κ1) is 26.6. The predicted molar refractivity (Wildman–Crippen MR) is 134 cm³/mol. The molecular weight excluding hydrogens is 531 g/mol. The molecule has 0 atom stereocenters. The van der Waals surface area contributed by atoms with Crippen molar-refractivity contribution in [2.75, 3.05) is 0 Å². The third-order valence-electron chi connectivity index (χ3n) is 5.41. The van der Waals surface area contributed by atoms with Crippen molar-refractivity contribution >= 4 is 28.9 Å². The van der Waals surface area contributed by atoms with Crippen molar-refractivity contribution in [3.8, 4) is 33.2 Å². The smallest absolute Gasteiger partial charge is 0.489 e. The summed E-state index contributed by atoms with van der Waals surface area (Å²) in [5.41, 5.74) is 2.23. The number of carboxylic acids is 1. The van der Waals surface area contributed by atoms with Gasteiger partial charge in [-0.05, 0) is 48.9 Å². The molecule has 2 heterocycles. The van der Waals surface area contributed by atoms with Gasteiger partial charge in [-0.2, -0.15) is 0 Å². The zero-order chi connectivity index (χ0) is 26.9. The molecule has 0 fully saturated rings. The summed E-state index contributed by atoms with van der Waals surface area (Å²) in [7, 11) is 0. The molecule has 194 valence electrons. The summed E-state index contributed by atoms with van der Waals surface area (Å²) in [6.07, 6.45) is -4.87. The van der Waals surface area contributed by atoms with Crippen LogP contribution in [-0.4, -0.2) is 22.6 Å². The molecule has 1 N–H and O–H groups in total. The lowest BCUT2D eigenvalue weighted by Gasteiger charge is -2.14. The predicted octanol–water partition coefficient (Wildman–Crippen LogP) is 8.33. The minimum Gasteiger partial charge on any atom is -0.489 e. The van der Waals surface area contributed by atoms with Gasteiger partial charge in [0, 0.05) is 21.9 Å². The Bertz CT molecular complexity index is 1440. The summed E-state index contributed by atoms with van der Waals surface area (Å²) in [5, 5.41) is 13.7. The molecule has 0 aliphatic heterocycles. The van der Waals surface area contributed by atoms with Crippen molar-refractivity contribution in [2.45, 2.75) is 39.7 Å². The minimum absolute atomic E-state index is 0.0520. The zero-order valence-electron chi connectivity index (χ0n) is 19.9. The Hall–Kier alpha value is -3.50. The van der Waals surface area contributed by atoms with Gasteiger partial charge in [-0.25, -0.2) is 4.79 Å². The Morgan fingerprint density at radius 3 is 2.51 bits per heavy atom. The van der Waals surface area contributed by atoms with E-state index >= 15 is 0 Å². The third-order valence-corrected chi connectivity index (χ3v) is 6.98. The van der Waals surface area contributed by atoms with E-state index in [2.05, 4.69) is 9.89 Å². The van der Waals surface area contributed by atoms with E-state index in [0.29, 0.717) is 27.7 Å². The molecule has 11 heteroatoms. The first-order valence-corrected chi connectivity index (χ1v) is 12.2. The molecule has 0 saturated heterocycles. The molecule has 0 amide bonds. The van der Waals surface area contributed by atoms with Gasteiger partial charge in [0.15, 0.2) is 0 Å². The van der Waals surface area contributed by atoms with Gasteiger partial charge in [0.25, 0.3) is 0 Å². The van der Waals surface area contributed by atoms with Gasteiger partial charge in [-0.3, -0.25) is 0 Å². The highest BCUT2D eigenvalue weighted by Gasteiger charge is 2.33. The molecule has 4 rings (SSSR count). The SMILES string of the molecule is Cc1cc(C(=O)O)sc1-c1ccc(OCc2c(-c3ccccc3OC(F)(F)F)noc2C(C)C)cc1Cl. The van der Waals surface area contributed by atoms with Crippen LogP contribution in [0.25, 0.3) is 21.7 Å². The van der Waals surface area contributed by atoms with E-state index in [1.807, 2.05) is 13.8 Å². The summed E-state index contributed by atoms with van der Waals surface area (Å²) < 4.78 is 54.5. The molecule has 2 aromatic heterocycles. The Kier molecular flexibility index (Phi) is 7.52. The van der Waals surface area contributed by atoms with Crippen molar-refractivity contribution in [1.29, 1.82) is 0 Å². The quantitative estimate of drug-likeness (QED) is 0.237. The lowest BCUT2D eigenvalue weighted by molar-refractivity contribution is -0.274. The number of ether oxygens (including phenoxy) is 2. The molecule has 0 radical (unpaired) electrons. The molecule has 4 aromatic rings. The lowest BCUT2D eigenvalue weighted by Crippen LogP contribution is -2.17. The number of para-hydroxylation sites is 1. The Morgan fingerprint density at radius 2 is 1.89 bits per heavy atom. The van der Waals surface area contributed by atoms with Crippen LogP contribution in [0.4, 0.5) is 13.2 Å². The van der Waals surface area contributed by atoms with E-state index in [0.717, 1.165) is 21.8 Å². The number of thiophene rings is 1. The van der Waals surface area contributed by atoms with Gasteiger partial charge >= 0.3 is 12.3 Å². The van der Waals surface area contributed by atoms with Crippen LogP contribution >= 0.6 is 22.9 Å². The van der Waals surface area contributed by atoms with Gasteiger partial charge in [-0.1, -0.05) is 42.7 Å². The number of carbonyl (C=O) groups is 1. The van der Waals surface area contributed by atoms with E-state index in [9.17, 15) is 23.1 Å². The molecule has 0 aliphatic carbocycles. The number of aromatic nitrogens is 1. The maximum absolute atomic E-state index is 13.0. The summed E-state index contributed by atoms with van der Waals surface area (Å²) in [5.74, 6) is -0.660. The van der Waals surface area contributed by atoms with E-state index in [4.69, 9.17) is 20.9 Å². The van der Waals surface area contributed by atoms with Crippen LogP contribution in [-0.2, 0) is 6.61 Å². The average Bonchev–Trinajstić information content (AvgIpc) is 3.41. The summed E-state index contributed by atoms with van der Waals surface area (Å²) >= 11 is 7.63. The fourth-order valence-electron chi connectivity index (χ4n) is 3.78. The first-order valence-electron chi connectivity index (χ1n) is 11.0. The minimum atomic E-state index is -4.87. The highest BCUT2D eigenvalue weighted by molar-refractivity contribution is 7.17. The average molecular weight is 552 g/mol. The molecule has 0 unspecified atom stereocenters. The number of halogens is 4. The van der Waals surface area contributed by atoms with Crippen LogP contribution in [0.5, 0.6) is 11.5 Å². The number of aryl methyl sites for hydroxylation is 1. The lowest BCUT2D eigenvalue weighted by atomic mass is 10.0. The largest absolute Gasteiger partial charge is 0.573 e. The van der Waals surface area contributed by atoms with Crippen molar-refractivity contribution in [3.05, 3.63) is 75.3 Å². The molecule has 0 saturated carbocycles. The first-order chi connectivity index (χ1) is 17.4. The van der Waals surface area contributed by atoms with Crippen LogP contribution in [0.15, 0.2) is 53.1 Å². The summed E-state index contributed by atoms with van der Waals surface area (Å²) in [6.45, 7) is 5.49. The van der Waals surface area contributed by atoms with Crippen molar-refractivity contribution in [1.82, 2.24) is 5.16 Å². The van der Waals surface area contributed by atoms with Gasteiger partial charge in [-0.15, -0.1) is 24.5 Å². The maximum Gasteiger partial charge on any atom is 0.573 e. The molecule has 37 heavy (non-hydrogen) atoms. The molecule has 0 spiro atoms. The highest BCUT2D eigenvalue weighted by atomic mass is 35.5. The standard InChI is InChI=1S/C26H21ClF3NO5S/c1-13(2)23-18(22(31-36-23)17-6-4-5-7-20(17)35-26(28,29)30)12-34-15-8-9-16(19(27)11-15)24-14(3)10-21(37-24)25(32)33/h4-11,13H,12H2,1-3H3,(H,32,33). The maximum atomic E-state index is 13.0.